The van der Waals surface area contributed by atoms with Gasteiger partial charge >= 0.3 is 0 Å². The molecule has 5 heteroatoms. The van der Waals surface area contributed by atoms with Crippen molar-refractivity contribution in [3.8, 4) is 0 Å². The molecule has 1 saturated heterocycles. The predicted octanol–water partition coefficient (Wildman–Crippen LogP) is 3.28. The highest BCUT2D eigenvalue weighted by Gasteiger charge is 2.40. The standard InChI is InChI=1S/C20H34N4O/c1-20(2)14-25-18-9-8-15(6-5-7-17(18)20)19-16(12-22-23-19)13-24(4)11-10-21-3/h9,12,15,17,21H,5-8,10-11,13-14H2,1-4H3,(H,22,23). The van der Waals surface area contributed by atoms with Crippen LogP contribution in [0.25, 0.3) is 0 Å². The van der Waals surface area contributed by atoms with Gasteiger partial charge in [-0.05, 0) is 39.4 Å². The Morgan fingerprint density at radius 2 is 2.24 bits per heavy atom. The van der Waals surface area contributed by atoms with E-state index in [-0.39, 0.29) is 5.41 Å². The molecule has 1 aliphatic carbocycles. The van der Waals surface area contributed by atoms with Crippen LogP contribution in [-0.2, 0) is 11.3 Å². The highest BCUT2D eigenvalue weighted by Crippen LogP contribution is 2.46. The van der Waals surface area contributed by atoms with Crippen LogP contribution in [0.4, 0.5) is 0 Å². The van der Waals surface area contributed by atoms with Gasteiger partial charge in [0.25, 0.3) is 0 Å². The maximum atomic E-state index is 6.03. The molecule has 1 aliphatic heterocycles. The summed E-state index contributed by atoms with van der Waals surface area (Å²) in [5.74, 6) is 2.36. The molecule has 0 spiro atoms. The van der Waals surface area contributed by atoms with Gasteiger partial charge in [-0.2, -0.15) is 5.10 Å². The summed E-state index contributed by atoms with van der Waals surface area (Å²) < 4.78 is 6.03. The van der Waals surface area contributed by atoms with Crippen LogP contribution in [0.15, 0.2) is 18.0 Å². The van der Waals surface area contributed by atoms with Crippen LogP contribution >= 0.6 is 0 Å². The normalized spacial score (nSPS) is 25.9. The van der Waals surface area contributed by atoms with Crippen LogP contribution < -0.4 is 5.32 Å². The summed E-state index contributed by atoms with van der Waals surface area (Å²) in [6.07, 6.45) is 9.14. The van der Waals surface area contributed by atoms with Gasteiger partial charge in [0, 0.05) is 48.1 Å². The molecule has 2 aliphatic rings. The van der Waals surface area contributed by atoms with Gasteiger partial charge in [0.2, 0.25) is 0 Å². The number of rotatable bonds is 6. The van der Waals surface area contributed by atoms with Gasteiger partial charge in [-0.25, -0.2) is 0 Å². The number of likely N-dealkylation sites (N-methyl/N-ethyl adjacent to an activating group) is 2. The molecule has 2 unspecified atom stereocenters. The number of hydrogen-bond acceptors (Lipinski definition) is 4. The minimum Gasteiger partial charge on any atom is -0.497 e. The van der Waals surface area contributed by atoms with Crippen molar-refractivity contribution in [1.29, 1.82) is 0 Å². The molecule has 25 heavy (non-hydrogen) atoms. The Morgan fingerprint density at radius 3 is 3.04 bits per heavy atom. The fourth-order valence-corrected chi connectivity index (χ4v) is 4.27. The molecule has 0 aromatic carbocycles. The second-order valence-electron chi connectivity index (χ2n) is 8.45. The molecule has 2 heterocycles. The minimum atomic E-state index is 0.286. The predicted molar refractivity (Wildman–Crippen MR) is 101 cm³/mol. The van der Waals surface area contributed by atoms with E-state index < -0.39 is 0 Å². The van der Waals surface area contributed by atoms with Gasteiger partial charge in [-0.1, -0.05) is 20.3 Å². The van der Waals surface area contributed by atoms with Gasteiger partial charge in [-0.3, -0.25) is 5.10 Å². The average Bonchev–Trinajstić information content (AvgIpc) is 3.10. The van der Waals surface area contributed by atoms with Crippen LogP contribution in [0.3, 0.4) is 0 Å². The number of ether oxygens (including phenoxy) is 1. The molecule has 0 radical (unpaired) electrons. The van der Waals surface area contributed by atoms with Gasteiger partial charge in [0.1, 0.15) is 0 Å². The number of aromatic nitrogens is 2. The Balaban J connectivity index is 1.69. The second kappa shape index (κ2) is 7.92. The molecule has 2 N–H and O–H groups in total. The SMILES string of the molecule is CNCCN(C)Cc1cn[nH]c1C1CC=C2OCC(C)(C)C2CCC1. The van der Waals surface area contributed by atoms with E-state index in [1.807, 2.05) is 13.2 Å². The quantitative estimate of drug-likeness (QED) is 0.830. The molecule has 0 saturated carbocycles. The Bertz CT molecular complexity index is 592. The van der Waals surface area contributed by atoms with Crippen molar-refractivity contribution in [2.75, 3.05) is 33.8 Å². The van der Waals surface area contributed by atoms with Crippen molar-refractivity contribution in [3.63, 3.8) is 0 Å². The van der Waals surface area contributed by atoms with Crippen LogP contribution in [0.2, 0.25) is 0 Å². The molecule has 1 aromatic heterocycles. The number of hydrogen-bond donors (Lipinski definition) is 2. The number of H-pyrrole nitrogens is 1. The van der Waals surface area contributed by atoms with E-state index in [0.29, 0.717) is 11.8 Å². The number of fused-ring (bicyclic) bond motifs is 1. The summed E-state index contributed by atoms with van der Waals surface area (Å²) in [5, 5.41) is 10.9. The summed E-state index contributed by atoms with van der Waals surface area (Å²) in [5.41, 5.74) is 2.95. The van der Waals surface area contributed by atoms with Crippen LogP contribution in [0.5, 0.6) is 0 Å². The molecule has 1 fully saturated rings. The summed E-state index contributed by atoms with van der Waals surface area (Å²) in [4.78, 5) is 2.35. The molecule has 2 atom stereocenters. The van der Waals surface area contributed by atoms with Gasteiger partial charge in [0.05, 0.1) is 18.6 Å². The number of nitrogens with zero attached hydrogens (tertiary/aromatic N) is 2. The third kappa shape index (κ3) is 4.26. The first-order chi connectivity index (χ1) is 12.0. The number of nitrogens with one attached hydrogen (secondary N) is 2. The first-order valence-corrected chi connectivity index (χ1v) is 9.69. The molecule has 3 rings (SSSR count). The Morgan fingerprint density at radius 1 is 1.40 bits per heavy atom. The lowest BCUT2D eigenvalue weighted by molar-refractivity contribution is 0.198. The van der Waals surface area contributed by atoms with Crippen LogP contribution in [0, 0.1) is 11.3 Å². The maximum absolute atomic E-state index is 6.03. The molecule has 0 bridgehead atoms. The Labute approximate surface area is 152 Å². The zero-order chi connectivity index (χ0) is 17.9. The van der Waals surface area contributed by atoms with E-state index in [2.05, 4.69) is 47.4 Å². The summed E-state index contributed by atoms with van der Waals surface area (Å²) in [7, 11) is 4.17. The first kappa shape index (κ1) is 18.5. The lowest BCUT2D eigenvalue weighted by Gasteiger charge is -2.27. The Hall–Kier alpha value is -1.33. The van der Waals surface area contributed by atoms with Crippen molar-refractivity contribution in [3.05, 3.63) is 29.3 Å². The minimum absolute atomic E-state index is 0.286. The monoisotopic (exact) mass is 346 g/mol. The second-order valence-corrected chi connectivity index (χ2v) is 8.45. The summed E-state index contributed by atoms with van der Waals surface area (Å²) in [6.45, 7) is 8.54. The van der Waals surface area contributed by atoms with Crippen LogP contribution in [0.1, 0.15) is 56.7 Å². The van der Waals surface area contributed by atoms with E-state index >= 15 is 0 Å². The molecule has 0 amide bonds. The third-order valence-corrected chi connectivity index (χ3v) is 5.89. The van der Waals surface area contributed by atoms with Crippen molar-refractivity contribution in [1.82, 2.24) is 20.4 Å². The first-order valence-electron chi connectivity index (χ1n) is 9.69. The molecule has 5 nitrogen and oxygen atoms in total. The van der Waals surface area contributed by atoms with Crippen molar-refractivity contribution >= 4 is 0 Å². The zero-order valence-corrected chi connectivity index (χ0v) is 16.3. The van der Waals surface area contributed by atoms with Gasteiger partial charge in [0.15, 0.2) is 0 Å². The highest BCUT2D eigenvalue weighted by atomic mass is 16.5. The fourth-order valence-electron chi connectivity index (χ4n) is 4.27. The Kier molecular flexibility index (Phi) is 5.85. The molecular formula is C20H34N4O. The maximum Gasteiger partial charge on any atom is 0.0957 e. The van der Waals surface area contributed by atoms with E-state index in [1.54, 1.807) is 0 Å². The number of aromatic amines is 1. The highest BCUT2D eigenvalue weighted by molar-refractivity contribution is 5.23. The topological polar surface area (TPSA) is 53.2 Å². The zero-order valence-electron chi connectivity index (χ0n) is 16.3. The lowest BCUT2D eigenvalue weighted by atomic mass is 9.75. The summed E-state index contributed by atoms with van der Waals surface area (Å²) in [6, 6.07) is 0. The fraction of sp³-hybridized carbons (Fsp3) is 0.750. The third-order valence-electron chi connectivity index (χ3n) is 5.89. The van der Waals surface area contributed by atoms with E-state index in [4.69, 9.17) is 4.74 Å². The van der Waals surface area contributed by atoms with Crippen LogP contribution in [-0.4, -0.2) is 48.9 Å². The molecule has 1 aromatic rings. The van der Waals surface area contributed by atoms with Gasteiger partial charge < -0.3 is 15.0 Å². The largest absolute Gasteiger partial charge is 0.497 e. The van der Waals surface area contributed by atoms with Crippen molar-refractivity contribution < 1.29 is 4.74 Å². The molecule has 140 valence electrons. The van der Waals surface area contributed by atoms with E-state index in [1.165, 1.54) is 36.3 Å². The lowest BCUT2D eigenvalue weighted by Crippen LogP contribution is -2.27. The summed E-state index contributed by atoms with van der Waals surface area (Å²) >= 11 is 0. The van der Waals surface area contributed by atoms with Gasteiger partial charge in [-0.15, -0.1) is 0 Å². The smallest absolute Gasteiger partial charge is 0.0957 e. The van der Waals surface area contributed by atoms with Crippen molar-refractivity contribution in [2.24, 2.45) is 11.3 Å². The van der Waals surface area contributed by atoms with E-state index in [9.17, 15) is 0 Å². The van der Waals surface area contributed by atoms with E-state index in [0.717, 1.165) is 32.7 Å². The number of allylic oxidation sites excluding steroid dienone is 2. The van der Waals surface area contributed by atoms with Crippen molar-refractivity contribution in [2.45, 2.75) is 52.0 Å². The average molecular weight is 347 g/mol. The molecular weight excluding hydrogens is 312 g/mol.